The smallest absolute Gasteiger partial charge is 0.246 e. The predicted molar refractivity (Wildman–Crippen MR) is 113 cm³/mol. The maximum atomic E-state index is 13.0. The van der Waals surface area contributed by atoms with Gasteiger partial charge in [0.25, 0.3) is 0 Å². The van der Waals surface area contributed by atoms with E-state index in [1.165, 1.54) is 17.7 Å². The SMILES string of the molecule is C/C(=C\C(=O)N1CCN(C(=O)CCCc2ccccc2)CC1)c1ccc(F)cc1. The Bertz CT molecular complexity index is 854. The van der Waals surface area contributed by atoms with E-state index in [1.54, 1.807) is 23.1 Å². The number of halogens is 1. The van der Waals surface area contributed by atoms with Crippen LogP contribution in [0.2, 0.25) is 0 Å². The Hall–Kier alpha value is -2.95. The third-order valence-electron chi connectivity index (χ3n) is 5.28. The summed E-state index contributed by atoms with van der Waals surface area (Å²) in [6.45, 7) is 4.06. The molecule has 1 saturated heterocycles. The number of nitrogens with zero attached hydrogens (tertiary/aromatic N) is 2. The average molecular weight is 394 g/mol. The topological polar surface area (TPSA) is 40.6 Å². The quantitative estimate of drug-likeness (QED) is 0.697. The summed E-state index contributed by atoms with van der Waals surface area (Å²) in [5.41, 5.74) is 2.88. The van der Waals surface area contributed by atoms with Crippen molar-refractivity contribution in [3.8, 4) is 0 Å². The van der Waals surface area contributed by atoms with Gasteiger partial charge in [-0.25, -0.2) is 4.39 Å². The third kappa shape index (κ3) is 6.01. The number of hydrogen-bond donors (Lipinski definition) is 0. The first-order valence-corrected chi connectivity index (χ1v) is 10.1. The van der Waals surface area contributed by atoms with E-state index in [4.69, 9.17) is 0 Å². The fourth-order valence-corrected chi connectivity index (χ4v) is 3.50. The van der Waals surface area contributed by atoms with Crippen LogP contribution in [0.4, 0.5) is 4.39 Å². The van der Waals surface area contributed by atoms with Crippen LogP contribution in [-0.4, -0.2) is 47.8 Å². The summed E-state index contributed by atoms with van der Waals surface area (Å²) >= 11 is 0. The van der Waals surface area contributed by atoms with E-state index in [0.717, 1.165) is 24.0 Å². The van der Waals surface area contributed by atoms with Crippen molar-refractivity contribution in [3.63, 3.8) is 0 Å². The van der Waals surface area contributed by atoms with Crippen LogP contribution in [0, 0.1) is 5.82 Å². The lowest BCUT2D eigenvalue weighted by Crippen LogP contribution is -2.50. The van der Waals surface area contributed by atoms with E-state index in [-0.39, 0.29) is 17.6 Å². The lowest BCUT2D eigenvalue weighted by Gasteiger charge is -2.34. The Labute approximate surface area is 171 Å². The fraction of sp³-hybridized carbons (Fsp3) is 0.333. The molecule has 0 atom stereocenters. The summed E-state index contributed by atoms with van der Waals surface area (Å²) in [6.07, 6.45) is 3.86. The van der Waals surface area contributed by atoms with Gasteiger partial charge in [0.2, 0.25) is 11.8 Å². The molecule has 1 fully saturated rings. The minimum atomic E-state index is -0.294. The number of carbonyl (C=O) groups excluding carboxylic acids is 2. The second-order valence-electron chi connectivity index (χ2n) is 7.38. The highest BCUT2D eigenvalue weighted by molar-refractivity contribution is 5.95. The van der Waals surface area contributed by atoms with Gasteiger partial charge in [-0.2, -0.15) is 0 Å². The van der Waals surface area contributed by atoms with Gasteiger partial charge in [0, 0.05) is 38.7 Å². The summed E-state index contributed by atoms with van der Waals surface area (Å²) in [5, 5.41) is 0. The van der Waals surface area contributed by atoms with Crippen LogP contribution < -0.4 is 0 Å². The Balaban J connectivity index is 1.44. The number of hydrogen-bond acceptors (Lipinski definition) is 2. The fourth-order valence-electron chi connectivity index (χ4n) is 3.50. The van der Waals surface area contributed by atoms with Crippen molar-refractivity contribution in [2.75, 3.05) is 26.2 Å². The van der Waals surface area contributed by atoms with Crippen molar-refractivity contribution >= 4 is 17.4 Å². The first kappa shape index (κ1) is 20.8. The molecule has 2 aromatic rings. The normalized spacial score (nSPS) is 14.8. The van der Waals surface area contributed by atoms with Crippen LogP contribution in [0.15, 0.2) is 60.7 Å². The molecule has 1 heterocycles. The van der Waals surface area contributed by atoms with Gasteiger partial charge in [-0.05, 0) is 48.6 Å². The zero-order valence-electron chi connectivity index (χ0n) is 16.8. The van der Waals surface area contributed by atoms with Crippen LogP contribution >= 0.6 is 0 Å². The summed E-state index contributed by atoms with van der Waals surface area (Å²) in [4.78, 5) is 28.6. The van der Waals surface area contributed by atoms with Crippen molar-refractivity contribution in [1.29, 1.82) is 0 Å². The largest absolute Gasteiger partial charge is 0.339 e. The van der Waals surface area contributed by atoms with Gasteiger partial charge in [-0.15, -0.1) is 0 Å². The molecule has 0 unspecified atom stereocenters. The molecule has 2 amide bonds. The summed E-state index contributed by atoms with van der Waals surface area (Å²) in [6, 6.07) is 16.3. The van der Waals surface area contributed by atoms with E-state index < -0.39 is 0 Å². The summed E-state index contributed by atoms with van der Waals surface area (Å²) in [5.74, 6) is -0.202. The molecular weight excluding hydrogens is 367 g/mol. The minimum Gasteiger partial charge on any atom is -0.339 e. The van der Waals surface area contributed by atoms with Gasteiger partial charge in [-0.1, -0.05) is 42.5 Å². The van der Waals surface area contributed by atoms with Crippen molar-refractivity contribution in [3.05, 3.63) is 77.6 Å². The first-order valence-electron chi connectivity index (χ1n) is 10.1. The van der Waals surface area contributed by atoms with Crippen molar-refractivity contribution in [2.45, 2.75) is 26.2 Å². The molecule has 0 spiro atoms. The summed E-state index contributed by atoms with van der Waals surface area (Å²) < 4.78 is 13.0. The molecule has 0 aromatic heterocycles. The van der Waals surface area contributed by atoms with Gasteiger partial charge in [0.05, 0.1) is 0 Å². The number of allylic oxidation sites excluding steroid dienone is 1. The third-order valence-corrected chi connectivity index (χ3v) is 5.28. The molecule has 0 saturated carbocycles. The molecule has 1 aliphatic rings. The minimum absolute atomic E-state index is 0.0667. The van der Waals surface area contributed by atoms with E-state index >= 15 is 0 Å². The Kier molecular flexibility index (Phi) is 7.17. The van der Waals surface area contributed by atoms with E-state index in [2.05, 4.69) is 12.1 Å². The average Bonchev–Trinajstić information content (AvgIpc) is 2.75. The second kappa shape index (κ2) is 10.0. The zero-order valence-corrected chi connectivity index (χ0v) is 16.8. The molecule has 0 aliphatic carbocycles. The molecule has 0 N–H and O–H groups in total. The van der Waals surface area contributed by atoms with Gasteiger partial charge >= 0.3 is 0 Å². The Morgan fingerprint density at radius 2 is 1.55 bits per heavy atom. The van der Waals surface area contributed by atoms with Gasteiger partial charge < -0.3 is 9.80 Å². The Morgan fingerprint density at radius 1 is 0.931 bits per heavy atom. The molecule has 1 aliphatic heterocycles. The number of piperazine rings is 1. The molecule has 0 radical (unpaired) electrons. The van der Waals surface area contributed by atoms with Crippen LogP contribution in [-0.2, 0) is 16.0 Å². The second-order valence-corrected chi connectivity index (χ2v) is 7.38. The molecule has 4 nitrogen and oxygen atoms in total. The van der Waals surface area contributed by atoms with Crippen LogP contribution in [0.5, 0.6) is 0 Å². The molecular formula is C24H27FN2O2. The molecule has 3 rings (SSSR count). The predicted octanol–water partition coefficient (Wildman–Crippen LogP) is 3.92. The molecule has 152 valence electrons. The van der Waals surface area contributed by atoms with Gasteiger partial charge in [0.15, 0.2) is 0 Å². The highest BCUT2D eigenvalue weighted by atomic mass is 19.1. The maximum absolute atomic E-state index is 13.0. The lowest BCUT2D eigenvalue weighted by molar-refractivity contribution is -0.137. The number of benzene rings is 2. The summed E-state index contributed by atoms with van der Waals surface area (Å²) in [7, 11) is 0. The molecule has 5 heteroatoms. The van der Waals surface area contributed by atoms with Crippen LogP contribution in [0.25, 0.3) is 5.57 Å². The highest BCUT2D eigenvalue weighted by Gasteiger charge is 2.23. The number of aryl methyl sites for hydroxylation is 1. The van der Waals surface area contributed by atoms with Crippen LogP contribution in [0.1, 0.15) is 30.9 Å². The monoisotopic (exact) mass is 394 g/mol. The van der Waals surface area contributed by atoms with E-state index in [1.807, 2.05) is 30.0 Å². The number of amides is 2. The highest BCUT2D eigenvalue weighted by Crippen LogP contribution is 2.15. The molecule has 0 bridgehead atoms. The first-order chi connectivity index (χ1) is 14.0. The number of rotatable bonds is 6. The standard InChI is InChI=1S/C24H27FN2O2/c1-19(21-10-12-22(25)13-11-21)18-24(29)27-16-14-26(15-17-27)23(28)9-5-8-20-6-3-2-4-7-20/h2-4,6-7,10-13,18H,5,8-9,14-17H2,1H3/b19-18+. The Morgan fingerprint density at radius 3 is 2.21 bits per heavy atom. The number of carbonyl (C=O) groups is 2. The van der Waals surface area contributed by atoms with Crippen LogP contribution in [0.3, 0.4) is 0 Å². The van der Waals surface area contributed by atoms with Gasteiger partial charge in [-0.3, -0.25) is 9.59 Å². The van der Waals surface area contributed by atoms with Crippen molar-refractivity contribution in [2.24, 2.45) is 0 Å². The van der Waals surface area contributed by atoms with E-state index in [9.17, 15) is 14.0 Å². The molecule has 2 aromatic carbocycles. The zero-order chi connectivity index (χ0) is 20.6. The van der Waals surface area contributed by atoms with Crippen molar-refractivity contribution < 1.29 is 14.0 Å². The van der Waals surface area contributed by atoms with E-state index in [0.29, 0.717) is 32.6 Å². The van der Waals surface area contributed by atoms with Gasteiger partial charge in [0.1, 0.15) is 5.82 Å². The van der Waals surface area contributed by atoms with Crippen molar-refractivity contribution in [1.82, 2.24) is 9.80 Å². The maximum Gasteiger partial charge on any atom is 0.246 e. The lowest BCUT2D eigenvalue weighted by atomic mass is 10.1. The molecule has 29 heavy (non-hydrogen) atoms.